The molecule has 0 radical (unpaired) electrons. The van der Waals surface area contributed by atoms with Gasteiger partial charge >= 0.3 is 0 Å². The van der Waals surface area contributed by atoms with Crippen molar-refractivity contribution in [1.82, 2.24) is 0 Å². The van der Waals surface area contributed by atoms with Crippen molar-refractivity contribution >= 4 is 0 Å². The summed E-state index contributed by atoms with van der Waals surface area (Å²) in [5, 5.41) is 0. The first-order valence-electron chi connectivity index (χ1n) is 6.88. The molecule has 0 saturated carbocycles. The van der Waals surface area contributed by atoms with Crippen LogP contribution in [-0.4, -0.2) is 0 Å². The van der Waals surface area contributed by atoms with Crippen LogP contribution >= 0.6 is 0 Å². The van der Waals surface area contributed by atoms with Gasteiger partial charge in [-0.3, -0.25) is 0 Å². The van der Waals surface area contributed by atoms with Crippen LogP contribution in [0.2, 0.25) is 0 Å². The van der Waals surface area contributed by atoms with Crippen LogP contribution in [0.1, 0.15) is 72.6 Å². The average Bonchev–Trinajstić information content (AvgIpc) is 2.19. The Kier molecular flexibility index (Phi) is 9.37. The minimum Gasteiger partial charge on any atom is -0.0845 e. The van der Waals surface area contributed by atoms with E-state index in [0.717, 1.165) is 6.42 Å². The lowest BCUT2D eigenvalue weighted by Gasteiger charge is -2.13. The molecule has 0 saturated heterocycles. The molecule has 0 aliphatic rings. The number of hydrogen-bond acceptors (Lipinski definition) is 0. The van der Waals surface area contributed by atoms with E-state index in [-0.39, 0.29) is 0 Å². The first-order chi connectivity index (χ1) is 7.56. The summed E-state index contributed by atoms with van der Waals surface area (Å²) < 4.78 is 0. The van der Waals surface area contributed by atoms with Gasteiger partial charge in [0.1, 0.15) is 0 Å². The minimum absolute atomic E-state index is 0.421. The Hall–Kier alpha value is -0.520. The van der Waals surface area contributed by atoms with Gasteiger partial charge in [0.05, 0.1) is 0 Å². The third-order valence-electron chi connectivity index (χ3n) is 2.59. The fraction of sp³-hybridized carbons (Fsp3) is 0.750. The summed E-state index contributed by atoms with van der Waals surface area (Å²) in [6.07, 6.45) is 18.2. The van der Waals surface area contributed by atoms with Crippen molar-refractivity contribution in [2.45, 2.75) is 72.6 Å². The van der Waals surface area contributed by atoms with Crippen molar-refractivity contribution < 1.29 is 0 Å². The number of unbranched alkanes of at least 4 members (excludes halogenated alkanes) is 5. The molecule has 94 valence electrons. The summed E-state index contributed by atoms with van der Waals surface area (Å²) in [5.74, 6) is 0. The lowest BCUT2D eigenvalue weighted by atomic mass is 9.92. The maximum Gasteiger partial charge on any atom is -0.0299 e. The number of allylic oxidation sites excluding steroid dienone is 4. The zero-order chi connectivity index (χ0) is 12.3. The van der Waals surface area contributed by atoms with E-state index >= 15 is 0 Å². The largest absolute Gasteiger partial charge is 0.0845 e. The summed E-state index contributed by atoms with van der Waals surface area (Å²) in [4.78, 5) is 0. The van der Waals surface area contributed by atoms with Gasteiger partial charge in [0.25, 0.3) is 0 Å². The lowest BCUT2D eigenvalue weighted by Crippen LogP contribution is -2.01. The van der Waals surface area contributed by atoms with Gasteiger partial charge in [-0.15, -0.1) is 0 Å². The van der Waals surface area contributed by atoms with Gasteiger partial charge in [0.2, 0.25) is 0 Å². The summed E-state index contributed by atoms with van der Waals surface area (Å²) in [5.41, 5.74) is 0.421. The lowest BCUT2D eigenvalue weighted by molar-refractivity contribution is 0.420. The second-order valence-corrected chi connectivity index (χ2v) is 5.82. The maximum absolute atomic E-state index is 2.30. The van der Waals surface area contributed by atoms with Crippen LogP contribution in [0.5, 0.6) is 0 Å². The molecule has 16 heavy (non-hydrogen) atoms. The minimum atomic E-state index is 0.421. The molecule has 0 unspecified atom stereocenters. The Morgan fingerprint density at radius 2 is 1.44 bits per heavy atom. The zero-order valence-electron chi connectivity index (χ0n) is 11.8. The van der Waals surface area contributed by atoms with Crippen LogP contribution in [0.4, 0.5) is 0 Å². The molecule has 0 nitrogen and oxygen atoms in total. The predicted octanol–water partition coefficient (Wildman–Crippen LogP) is 5.90. The van der Waals surface area contributed by atoms with Crippen LogP contribution in [0.25, 0.3) is 0 Å². The molecule has 0 heteroatoms. The molecule has 0 aromatic heterocycles. The van der Waals surface area contributed by atoms with E-state index in [1.165, 1.54) is 38.5 Å². The van der Waals surface area contributed by atoms with Crippen molar-refractivity contribution in [2.75, 3.05) is 0 Å². The Morgan fingerprint density at radius 1 is 0.812 bits per heavy atom. The highest BCUT2D eigenvalue weighted by Gasteiger charge is 2.05. The van der Waals surface area contributed by atoms with Gasteiger partial charge in [-0.2, -0.15) is 0 Å². The molecule has 0 aliphatic carbocycles. The molecular weight excluding hydrogens is 192 g/mol. The second kappa shape index (κ2) is 9.69. The predicted molar refractivity (Wildman–Crippen MR) is 75.7 cm³/mol. The summed E-state index contributed by atoms with van der Waals surface area (Å²) >= 11 is 0. The monoisotopic (exact) mass is 222 g/mol. The number of rotatable bonds is 8. The first kappa shape index (κ1) is 15.5. The highest BCUT2D eigenvalue weighted by Crippen LogP contribution is 2.18. The van der Waals surface area contributed by atoms with Crippen LogP contribution in [-0.2, 0) is 0 Å². The van der Waals surface area contributed by atoms with E-state index in [0.29, 0.717) is 5.41 Å². The van der Waals surface area contributed by atoms with Crippen molar-refractivity contribution in [3.8, 4) is 0 Å². The Labute approximate surface area is 103 Å². The van der Waals surface area contributed by atoms with Gasteiger partial charge in [0.15, 0.2) is 0 Å². The van der Waals surface area contributed by atoms with E-state index < -0.39 is 0 Å². The second-order valence-electron chi connectivity index (χ2n) is 5.82. The van der Waals surface area contributed by atoms with Gasteiger partial charge in [0, 0.05) is 0 Å². The molecule has 0 aliphatic heterocycles. The third-order valence-corrected chi connectivity index (χ3v) is 2.59. The molecule has 0 atom stereocenters. The molecule has 0 fully saturated rings. The summed E-state index contributed by atoms with van der Waals surface area (Å²) in [6.45, 7) is 9.08. The molecule has 0 rings (SSSR count). The highest BCUT2D eigenvalue weighted by molar-refractivity contribution is 5.03. The molecule has 0 spiro atoms. The topological polar surface area (TPSA) is 0 Å². The fourth-order valence-corrected chi connectivity index (χ4v) is 1.54. The summed E-state index contributed by atoms with van der Waals surface area (Å²) in [6, 6.07) is 0. The van der Waals surface area contributed by atoms with Crippen molar-refractivity contribution in [3.05, 3.63) is 24.3 Å². The van der Waals surface area contributed by atoms with Crippen molar-refractivity contribution in [3.63, 3.8) is 0 Å². The van der Waals surface area contributed by atoms with Gasteiger partial charge in [-0.25, -0.2) is 0 Å². The van der Waals surface area contributed by atoms with E-state index in [1.54, 1.807) is 0 Å². The third kappa shape index (κ3) is 13.5. The Morgan fingerprint density at radius 3 is 2.06 bits per heavy atom. The van der Waals surface area contributed by atoms with E-state index in [1.807, 2.05) is 0 Å². The SMILES string of the molecule is CCCCCCC/C=C/C=C/CC(C)(C)C. The van der Waals surface area contributed by atoms with Gasteiger partial charge in [-0.05, 0) is 24.7 Å². The van der Waals surface area contributed by atoms with Crippen molar-refractivity contribution in [2.24, 2.45) is 5.41 Å². The quantitative estimate of drug-likeness (QED) is 0.354. The zero-order valence-corrected chi connectivity index (χ0v) is 11.8. The molecular formula is C16H30. The Balaban J connectivity index is 3.34. The standard InChI is InChI=1S/C16H30/c1-5-6-7-8-9-10-11-12-13-14-15-16(2,3)4/h11-14H,5-10,15H2,1-4H3/b12-11+,14-13+. The molecule has 0 amide bonds. The fourth-order valence-electron chi connectivity index (χ4n) is 1.54. The summed E-state index contributed by atoms with van der Waals surface area (Å²) in [7, 11) is 0. The van der Waals surface area contributed by atoms with E-state index in [9.17, 15) is 0 Å². The van der Waals surface area contributed by atoms with Crippen LogP contribution < -0.4 is 0 Å². The van der Waals surface area contributed by atoms with E-state index in [4.69, 9.17) is 0 Å². The molecule has 0 aromatic carbocycles. The van der Waals surface area contributed by atoms with Crippen molar-refractivity contribution in [1.29, 1.82) is 0 Å². The molecule has 0 N–H and O–H groups in total. The molecule has 0 aromatic rings. The van der Waals surface area contributed by atoms with Gasteiger partial charge < -0.3 is 0 Å². The maximum atomic E-state index is 2.30. The van der Waals surface area contributed by atoms with Crippen LogP contribution in [0.15, 0.2) is 24.3 Å². The van der Waals surface area contributed by atoms with Gasteiger partial charge in [-0.1, -0.05) is 77.7 Å². The smallest absolute Gasteiger partial charge is 0.0299 e. The van der Waals surface area contributed by atoms with E-state index in [2.05, 4.69) is 52.0 Å². The van der Waals surface area contributed by atoms with Crippen LogP contribution in [0.3, 0.4) is 0 Å². The normalized spacial score (nSPS) is 13.0. The highest BCUT2D eigenvalue weighted by atomic mass is 14.1. The molecule has 0 bridgehead atoms. The first-order valence-corrected chi connectivity index (χ1v) is 6.88. The number of hydrogen-bond donors (Lipinski definition) is 0. The molecule has 0 heterocycles. The Bertz CT molecular complexity index is 191. The van der Waals surface area contributed by atoms with Crippen LogP contribution in [0, 0.1) is 5.41 Å². The average molecular weight is 222 g/mol.